The quantitative estimate of drug-likeness (QED) is 0.177. The van der Waals surface area contributed by atoms with E-state index in [1.165, 1.54) is 71.2 Å². The van der Waals surface area contributed by atoms with Crippen LogP contribution < -0.4 is 0 Å². The van der Waals surface area contributed by atoms with Gasteiger partial charge in [0.2, 0.25) is 0 Å². The van der Waals surface area contributed by atoms with Crippen molar-refractivity contribution >= 4 is 87.4 Å². The molecular formula is C54H33N3O. The molecule has 0 aliphatic carbocycles. The number of furan rings is 1. The van der Waals surface area contributed by atoms with Gasteiger partial charge in [-0.2, -0.15) is 0 Å². The number of fused-ring (bicyclic) bond motifs is 12. The molecule has 0 saturated heterocycles. The Bertz CT molecular complexity index is 3790. The van der Waals surface area contributed by atoms with Crippen molar-refractivity contribution in [2.75, 3.05) is 0 Å². The van der Waals surface area contributed by atoms with E-state index < -0.39 is 0 Å². The third kappa shape index (κ3) is 4.40. The Labute approximate surface area is 332 Å². The molecule has 0 unspecified atom stereocenters. The average molecular weight is 740 g/mol. The maximum Gasteiger partial charge on any atom is 0.136 e. The maximum atomic E-state index is 6.39. The molecule has 0 N–H and O–H groups in total. The van der Waals surface area contributed by atoms with Crippen molar-refractivity contribution in [3.05, 3.63) is 200 Å². The fourth-order valence-corrected chi connectivity index (χ4v) is 9.66. The van der Waals surface area contributed by atoms with Crippen LogP contribution in [0.4, 0.5) is 0 Å². The molecule has 4 heterocycles. The van der Waals surface area contributed by atoms with Crippen LogP contribution in [0.15, 0.2) is 205 Å². The highest BCUT2D eigenvalue weighted by molar-refractivity contribution is 6.18. The summed E-state index contributed by atoms with van der Waals surface area (Å²) in [5, 5.41) is 9.60. The highest BCUT2D eigenvalue weighted by atomic mass is 16.3. The van der Waals surface area contributed by atoms with Crippen LogP contribution in [-0.4, -0.2) is 13.7 Å². The van der Waals surface area contributed by atoms with Gasteiger partial charge in [0.15, 0.2) is 0 Å². The lowest BCUT2D eigenvalue weighted by Crippen LogP contribution is -1.96. The van der Waals surface area contributed by atoms with Gasteiger partial charge < -0.3 is 18.1 Å². The van der Waals surface area contributed by atoms with E-state index in [-0.39, 0.29) is 0 Å². The summed E-state index contributed by atoms with van der Waals surface area (Å²) in [7, 11) is 0. The van der Waals surface area contributed by atoms with Crippen LogP contribution in [0.1, 0.15) is 0 Å². The summed E-state index contributed by atoms with van der Waals surface area (Å²) < 4.78 is 13.6. The van der Waals surface area contributed by atoms with E-state index in [0.717, 1.165) is 44.3 Å². The molecule has 0 aliphatic rings. The summed E-state index contributed by atoms with van der Waals surface area (Å²) >= 11 is 0. The predicted molar refractivity (Wildman–Crippen MR) is 242 cm³/mol. The third-order valence-corrected chi connectivity index (χ3v) is 12.2. The van der Waals surface area contributed by atoms with E-state index in [1.807, 2.05) is 6.07 Å². The lowest BCUT2D eigenvalue weighted by molar-refractivity contribution is 0.669. The predicted octanol–water partition coefficient (Wildman–Crippen LogP) is 14.5. The Morgan fingerprint density at radius 3 is 1.34 bits per heavy atom. The maximum absolute atomic E-state index is 6.39. The minimum Gasteiger partial charge on any atom is -0.456 e. The van der Waals surface area contributed by atoms with Crippen LogP contribution >= 0.6 is 0 Å². The molecule has 270 valence electrons. The van der Waals surface area contributed by atoms with E-state index in [4.69, 9.17) is 4.42 Å². The molecule has 13 rings (SSSR count). The van der Waals surface area contributed by atoms with Gasteiger partial charge in [-0.3, -0.25) is 0 Å². The lowest BCUT2D eigenvalue weighted by Gasteiger charge is -2.11. The first-order valence-corrected chi connectivity index (χ1v) is 19.8. The molecule has 0 bridgehead atoms. The van der Waals surface area contributed by atoms with Crippen LogP contribution in [0.25, 0.3) is 116 Å². The first kappa shape index (κ1) is 31.4. The molecular weight excluding hydrogens is 707 g/mol. The van der Waals surface area contributed by atoms with Crippen molar-refractivity contribution in [1.29, 1.82) is 0 Å². The molecule has 4 heteroatoms. The van der Waals surface area contributed by atoms with Crippen molar-refractivity contribution in [3.8, 4) is 28.2 Å². The Balaban J connectivity index is 1.01. The molecule has 0 atom stereocenters. The van der Waals surface area contributed by atoms with Gasteiger partial charge >= 0.3 is 0 Å². The monoisotopic (exact) mass is 739 g/mol. The van der Waals surface area contributed by atoms with Gasteiger partial charge in [0, 0.05) is 60.2 Å². The van der Waals surface area contributed by atoms with Crippen LogP contribution in [0, 0.1) is 0 Å². The summed E-state index contributed by atoms with van der Waals surface area (Å²) in [5.41, 5.74) is 14.7. The lowest BCUT2D eigenvalue weighted by atomic mass is 10.0. The minimum absolute atomic E-state index is 0.907. The highest BCUT2D eigenvalue weighted by Crippen LogP contribution is 2.42. The van der Waals surface area contributed by atoms with Gasteiger partial charge in [0.1, 0.15) is 11.2 Å². The van der Waals surface area contributed by atoms with Crippen molar-refractivity contribution in [3.63, 3.8) is 0 Å². The molecule has 4 aromatic heterocycles. The van der Waals surface area contributed by atoms with Crippen LogP contribution in [0.5, 0.6) is 0 Å². The van der Waals surface area contributed by atoms with E-state index >= 15 is 0 Å². The zero-order chi connectivity index (χ0) is 37.9. The molecule has 0 saturated carbocycles. The molecule has 13 aromatic rings. The van der Waals surface area contributed by atoms with E-state index in [2.05, 4.69) is 208 Å². The van der Waals surface area contributed by atoms with Gasteiger partial charge in [-0.1, -0.05) is 109 Å². The molecule has 0 spiro atoms. The second-order valence-electron chi connectivity index (χ2n) is 15.3. The molecule has 0 radical (unpaired) electrons. The number of aromatic nitrogens is 3. The van der Waals surface area contributed by atoms with Crippen molar-refractivity contribution in [1.82, 2.24) is 13.7 Å². The van der Waals surface area contributed by atoms with Crippen LogP contribution in [0.3, 0.4) is 0 Å². The number of nitrogens with zero attached hydrogens (tertiary/aromatic N) is 3. The largest absolute Gasteiger partial charge is 0.456 e. The minimum atomic E-state index is 0.907. The van der Waals surface area contributed by atoms with Gasteiger partial charge in [-0.25, -0.2) is 0 Å². The summed E-state index contributed by atoms with van der Waals surface area (Å²) in [4.78, 5) is 0. The Hall–Kier alpha value is -7.82. The second-order valence-corrected chi connectivity index (χ2v) is 15.3. The fourth-order valence-electron chi connectivity index (χ4n) is 9.66. The number of hydrogen-bond acceptors (Lipinski definition) is 1. The highest BCUT2D eigenvalue weighted by Gasteiger charge is 2.20. The van der Waals surface area contributed by atoms with E-state index in [1.54, 1.807) is 0 Å². The fraction of sp³-hybridized carbons (Fsp3) is 0. The summed E-state index contributed by atoms with van der Waals surface area (Å²) in [6, 6.07) is 72.6. The molecule has 9 aromatic carbocycles. The normalized spacial score (nSPS) is 12.1. The smallest absolute Gasteiger partial charge is 0.136 e. The number of rotatable bonds is 4. The Morgan fingerprint density at radius 1 is 0.241 bits per heavy atom. The molecule has 58 heavy (non-hydrogen) atoms. The first-order valence-electron chi connectivity index (χ1n) is 19.8. The number of para-hydroxylation sites is 5. The van der Waals surface area contributed by atoms with Crippen molar-refractivity contribution in [2.45, 2.75) is 0 Å². The first-order chi connectivity index (χ1) is 28.8. The number of benzene rings is 9. The second kappa shape index (κ2) is 11.8. The molecule has 4 nitrogen and oxygen atoms in total. The van der Waals surface area contributed by atoms with Gasteiger partial charge in [0.05, 0.1) is 33.1 Å². The molecule has 0 aliphatic heterocycles. The van der Waals surface area contributed by atoms with Crippen LogP contribution in [-0.2, 0) is 0 Å². The van der Waals surface area contributed by atoms with Crippen LogP contribution in [0.2, 0.25) is 0 Å². The van der Waals surface area contributed by atoms with Gasteiger partial charge in [-0.15, -0.1) is 0 Å². The van der Waals surface area contributed by atoms with E-state index in [9.17, 15) is 0 Å². The number of hydrogen-bond donors (Lipinski definition) is 0. The summed E-state index contributed by atoms with van der Waals surface area (Å²) in [5.74, 6) is 0. The zero-order valence-corrected chi connectivity index (χ0v) is 31.3. The van der Waals surface area contributed by atoms with Gasteiger partial charge in [0.25, 0.3) is 0 Å². The SMILES string of the molecule is c1ccc(-n2c3ccccc3c3cc(-c4ccc5c(c4)c4ccccc4n5-c4ccc5c6cc7oc8ccccc8c7cc6n(-c6ccccc6)c5c4)ccc32)cc1. The van der Waals surface area contributed by atoms with Gasteiger partial charge in [-0.05, 0) is 102 Å². The summed E-state index contributed by atoms with van der Waals surface area (Å²) in [6.07, 6.45) is 0. The van der Waals surface area contributed by atoms with Crippen molar-refractivity contribution < 1.29 is 4.42 Å². The Morgan fingerprint density at radius 2 is 0.707 bits per heavy atom. The average Bonchev–Trinajstić information content (AvgIpc) is 4.01. The Kier molecular flexibility index (Phi) is 6.41. The summed E-state index contributed by atoms with van der Waals surface area (Å²) in [6.45, 7) is 0. The van der Waals surface area contributed by atoms with E-state index in [0.29, 0.717) is 0 Å². The molecule has 0 fully saturated rings. The standard InChI is InChI=1S/C54H33N3O/c1-3-13-36(14-4-1)55-47-20-10-7-17-39(47)43-29-34(23-27-49(43)55)35-24-28-50-44(30-35)40-18-8-11-21-48(40)57(50)38-25-26-41-45-33-54-46(42-19-9-12-22-53(42)58-54)32-52(45)56(51(41)31-38)37-15-5-2-6-16-37/h1-33H. The topological polar surface area (TPSA) is 27.9 Å². The zero-order valence-electron chi connectivity index (χ0n) is 31.3. The van der Waals surface area contributed by atoms with Crippen molar-refractivity contribution in [2.24, 2.45) is 0 Å². The molecule has 0 amide bonds. The third-order valence-electron chi connectivity index (χ3n) is 12.2.